The smallest absolute Gasteiger partial charge is 0.0546 e. The molecule has 238 valence electrons. The Kier molecular flexibility index (Phi) is 7.21. The Balaban J connectivity index is 1.33. The van der Waals surface area contributed by atoms with Crippen molar-refractivity contribution in [3.8, 4) is 44.5 Å². The molecule has 0 aliphatic heterocycles. The number of fused-ring (bicyclic) bond motifs is 4. The molecule has 0 aromatic heterocycles. The normalized spacial score (nSPS) is 12.8. The van der Waals surface area contributed by atoms with Gasteiger partial charge in [-0.25, -0.2) is 0 Å². The molecule has 0 saturated carbocycles. The van der Waals surface area contributed by atoms with Crippen molar-refractivity contribution in [2.45, 2.75) is 19.3 Å². The van der Waals surface area contributed by atoms with Gasteiger partial charge in [0.15, 0.2) is 0 Å². The second kappa shape index (κ2) is 12.1. The SMILES string of the molecule is CC1(C)c2cc(N(c3ccccc3-c3ccccc3)c3cc4ccccc4cc3-c3ccccc3)ccc2-c2c(-c3ccccc3)cccc21. The molecule has 0 fully saturated rings. The van der Waals surface area contributed by atoms with Crippen LogP contribution in [0.3, 0.4) is 0 Å². The Morgan fingerprint density at radius 3 is 1.58 bits per heavy atom. The van der Waals surface area contributed by atoms with Crippen molar-refractivity contribution in [2.24, 2.45) is 0 Å². The molecule has 9 rings (SSSR count). The monoisotopic (exact) mass is 639 g/mol. The van der Waals surface area contributed by atoms with E-state index in [4.69, 9.17) is 0 Å². The van der Waals surface area contributed by atoms with Gasteiger partial charge in [-0.1, -0.05) is 172 Å². The molecule has 0 heterocycles. The number of anilines is 3. The average molecular weight is 640 g/mol. The average Bonchev–Trinajstić information content (AvgIpc) is 3.41. The van der Waals surface area contributed by atoms with Crippen LogP contribution in [0.15, 0.2) is 188 Å². The number of benzene rings is 8. The van der Waals surface area contributed by atoms with Crippen LogP contribution in [-0.2, 0) is 5.41 Å². The first-order valence-electron chi connectivity index (χ1n) is 17.4. The molecule has 8 aromatic carbocycles. The van der Waals surface area contributed by atoms with E-state index < -0.39 is 0 Å². The van der Waals surface area contributed by atoms with Gasteiger partial charge in [0, 0.05) is 22.2 Å². The lowest BCUT2D eigenvalue weighted by Gasteiger charge is -2.31. The van der Waals surface area contributed by atoms with Gasteiger partial charge in [-0.15, -0.1) is 0 Å². The van der Waals surface area contributed by atoms with E-state index >= 15 is 0 Å². The summed E-state index contributed by atoms with van der Waals surface area (Å²) < 4.78 is 0. The predicted octanol–water partition coefficient (Wildman–Crippen LogP) is 13.6. The molecule has 1 nitrogen and oxygen atoms in total. The van der Waals surface area contributed by atoms with Crippen LogP contribution in [0.5, 0.6) is 0 Å². The van der Waals surface area contributed by atoms with Crippen molar-refractivity contribution in [1.29, 1.82) is 0 Å². The largest absolute Gasteiger partial charge is 0.309 e. The van der Waals surface area contributed by atoms with Crippen LogP contribution >= 0.6 is 0 Å². The van der Waals surface area contributed by atoms with E-state index in [1.165, 1.54) is 66.4 Å². The fraction of sp³-hybridized carbons (Fsp3) is 0.0612. The number of hydrogen-bond donors (Lipinski definition) is 0. The molecule has 50 heavy (non-hydrogen) atoms. The molecule has 1 aliphatic carbocycles. The van der Waals surface area contributed by atoms with Crippen LogP contribution < -0.4 is 4.90 Å². The maximum absolute atomic E-state index is 2.49. The summed E-state index contributed by atoms with van der Waals surface area (Å²) in [6.07, 6.45) is 0. The van der Waals surface area contributed by atoms with E-state index in [9.17, 15) is 0 Å². The van der Waals surface area contributed by atoms with Gasteiger partial charge in [-0.05, 0) is 85.6 Å². The standard InChI is InChI=1S/C49H37N/c1-49(2)44-27-16-26-41(35-19-8-4-9-20-35)48(44)42-30-29-39(33-45(42)49)50(46-28-15-14-25-40(46)34-17-6-3-7-18-34)47-32-38-24-13-12-23-37(38)31-43(47)36-21-10-5-11-22-36/h3-33H,1-2H3. The van der Waals surface area contributed by atoms with Gasteiger partial charge in [0.05, 0.1) is 11.4 Å². The highest BCUT2D eigenvalue weighted by atomic mass is 15.1. The maximum Gasteiger partial charge on any atom is 0.0546 e. The predicted molar refractivity (Wildman–Crippen MR) is 213 cm³/mol. The number of para-hydroxylation sites is 1. The molecule has 0 bridgehead atoms. The number of nitrogens with zero attached hydrogens (tertiary/aromatic N) is 1. The molecule has 1 aliphatic rings. The Labute approximate surface area is 294 Å². The molecular weight excluding hydrogens is 603 g/mol. The zero-order chi connectivity index (χ0) is 33.7. The van der Waals surface area contributed by atoms with Crippen LogP contribution in [0, 0.1) is 0 Å². The summed E-state index contributed by atoms with van der Waals surface area (Å²) in [6.45, 7) is 4.76. The van der Waals surface area contributed by atoms with Gasteiger partial charge in [0.25, 0.3) is 0 Å². The van der Waals surface area contributed by atoms with Gasteiger partial charge in [0.2, 0.25) is 0 Å². The minimum Gasteiger partial charge on any atom is -0.309 e. The van der Waals surface area contributed by atoms with Crippen LogP contribution in [0.25, 0.3) is 55.3 Å². The van der Waals surface area contributed by atoms with Crippen molar-refractivity contribution in [2.75, 3.05) is 4.90 Å². The van der Waals surface area contributed by atoms with Crippen LogP contribution in [-0.4, -0.2) is 0 Å². The summed E-state index contributed by atoms with van der Waals surface area (Å²) in [4.78, 5) is 2.49. The van der Waals surface area contributed by atoms with E-state index in [-0.39, 0.29) is 5.41 Å². The zero-order valence-electron chi connectivity index (χ0n) is 28.3. The third-order valence-electron chi connectivity index (χ3n) is 10.4. The van der Waals surface area contributed by atoms with Crippen molar-refractivity contribution in [3.05, 3.63) is 199 Å². The summed E-state index contributed by atoms with van der Waals surface area (Å²) in [6, 6.07) is 68.6. The lowest BCUT2D eigenvalue weighted by molar-refractivity contribution is 0.660. The molecule has 0 atom stereocenters. The molecule has 0 unspecified atom stereocenters. The summed E-state index contributed by atoms with van der Waals surface area (Å²) in [5.41, 5.74) is 15.9. The third kappa shape index (κ3) is 4.94. The van der Waals surface area contributed by atoms with Gasteiger partial charge in [-0.3, -0.25) is 0 Å². The lowest BCUT2D eigenvalue weighted by Crippen LogP contribution is -2.17. The van der Waals surface area contributed by atoms with E-state index in [0.717, 1.165) is 17.1 Å². The molecule has 1 heteroatoms. The van der Waals surface area contributed by atoms with E-state index in [1.54, 1.807) is 0 Å². The summed E-state index contributed by atoms with van der Waals surface area (Å²) in [7, 11) is 0. The summed E-state index contributed by atoms with van der Waals surface area (Å²) in [5, 5.41) is 2.44. The topological polar surface area (TPSA) is 3.24 Å². The van der Waals surface area contributed by atoms with Crippen molar-refractivity contribution in [1.82, 2.24) is 0 Å². The number of rotatable bonds is 6. The second-order valence-corrected chi connectivity index (χ2v) is 13.8. The van der Waals surface area contributed by atoms with Crippen LogP contribution in [0.2, 0.25) is 0 Å². The fourth-order valence-corrected chi connectivity index (χ4v) is 7.97. The van der Waals surface area contributed by atoms with Gasteiger partial charge in [0.1, 0.15) is 0 Å². The Morgan fingerprint density at radius 2 is 0.900 bits per heavy atom. The molecule has 8 aromatic rings. The first-order chi connectivity index (χ1) is 24.6. The van der Waals surface area contributed by atoms with Crippen LogP contribution in [0.1, 0.15) is 25.0 Å². The van der Waals surface area contributed by atoms with E-state index in [0.29, 0.717) is 0 Å². The van der Waals surface area contributed by atoms with Crippen molar-refractivity contribution < 1.29 is 0 Å². The number of hydrogen-bond acceptors (Lipinski definition) is 1. The quantitative estimate of drug-likeness (QED) is 0.175. The highest BCUT2D eigenvalue weighted by molar-refractivity contribution is 6.01. The Bertz CT molecular complexity index is 2490. The minimum absolute atomic E-state index is 0.179. The summed E-state index contributed by atoms with van der Waals surface area (Å²) in [5.74, 6) is 0. The molecule has 0 saturated heterocycles. The van der Waals surface area contributed by atoms with E-state index in [2.05, 4.69) is 207 Å². The first-order valence-corrected chi connectivity index (χ1v) is 17.4. The highest BCUT2D eigenvalue weighted by Gasteiger charge is 2.37. The third-order valence-corrected chi connectivity index (χ3v) is 10.4. The second-order valence-electron chi connectivity index (χ2n) is 13.8. The first kappa shape index (κ1) is 29.9. The molecule has 0 radical (unpaired) electrons. The van der Waals surface area contributed by atoms with Gasteiger partial charge in [-0.2, -0.15) is 0 Å². The van der Waals surface area contributed by atoms with Gasteiger partial charge >= 0.3 is 0 Å². The lowest BCUT2D eigenvalue weighted by atomic mass is 9.81. The Hall–Kier alpha value is -6.18. The van der Waals surface area contributed by atoms with Crippen molar-refractivity contribution in [3.63, 3.8) is 0 Å². The highest BCUT2D eigenvalue weighted by Crippen LogP contribution is 2.54. The molecular formula is C49H37N. The zero-order valence-corrected chi connectivity index (χ0v) is 28.3. The van der Waals surface area contributed by atoms with Gasteiger partial charge < -0.3 is 4.90 Å². The molecule has 0 spiro atoms. The van der Waals surface area contributed by atoms with Crippen LogP contribution in [0.4, 0.5) is 17.1 Å². The van der Waals surface area contributed by atoms with E-state index in [1.807, 2.05) is 0 Å². The Morgan fingerprint density at radius 1 is 0.360 bits per heavy atom. The summed E-state index contributed by atoms with van der Waals surface area (Å²) >= 11 is 0. The molecule has 0 amide bonds. The minimum atomic E-state index is -0.179. The fourth-order valence-electron chi connectivity index (χ4n) is 7.97. The molecule has 0 N–H and O–H groups in total. The van der Waals surface area contributed by atoms with Crippen molar-refractivity contribution >= 4 is 27.8 Å². The maximum atomic E-state index is 2.49.